The molecule has 0 spiro atoms. The van der Waals surface area contributed by atoms with Gasteiger partial charge in [0.15, 0.2) is 0 Å². The Morgan fingerprint density at radius 1 is 1.35 bits per heavy atom. The quantitative estimate of drug-likeness (QED) is 0.505. The molecule has 2 aliphatic heterocycles. The first-order valence-electron chi connectivity index (χ1n) is 9.44. The zero-order chi connectivity index (χ0) is 18.8. The van der Waals surface area contributed by atoms with Crippen molar-refractivity contribution in [2.75, 3.05) is 13.2 Å². The Morgan fingerprint density at radius 3 is 2.81 bits per heavy atom. The topological polar surface area (TPSA) is 27.7 Å². The molecule has 2 aliphatic rings. The van der Waals surface area contributed by atoms with Gasteiger partial charge >= 0.3 is 0 Å². The first kappa shape index (κ1) is 19.4. The molecule has 0 aromatic heterocycles. The fraction of sp³-hybridized carbons (Fsp3) is 0.636. The van der Waals surface area contributed by atoms with Crippen LogP contribution < -0.4 is 0 Å². The van der Waals surface area contributed by atoms with Crippen molar-refractivity contribution < 1.29 is 18.6 Å². The van der Waals surface area contributed by atoms with E-state index in [-0.39, 0.29) is 35.1 Å². The molecular formula is C22H29FO3. The Hall–Kier alpha value is -1.41. The van der Waals surface area contributed by atoms with Crippen LogP contribution in [0.4, 0.5) is 4.39 Å². The molecule has 3 rings (SSSR count). The Labute approximate surface area is 156 Å². The van der Waals surface area contributed by atoms with Crippen LogP contribution >= 0.6 is 0 Å². The lowest BCUT2D eigenvalue weighted by Crippen LogP contribution is -2.46. The standard InChI is InChI=1S/C22H29FO3/c1-5-13-24-16-20(3,4)22-12-11-21(6-2,26-22)19(14-22)25-15-17-9-7-8-10-18(17)23/h1,7-10,19H,6,11-16H2,2-4H3. The van der Waals surface area contributed by atoms with Crippen LogP contribution in [0, 0.1) is 23.6 Å². The van der Waals surface area contributed by atoms with Crippen LogP contribution in [-0.4, -0.2) is 30.5 Å². The maximum Gasteiger partial charge on any atom is 0.128 e. The third-order valence-electron chi connectivity index (χ3n) is 6.33. The van der Waals surface area contributed by atoms with Gasteiger partial charge in [-0.25, -0.2) is 4.39 Å². The van der Waals surface area contributed by atoms with Crippen LogP contribution in [0.2, 0.25) is 0 Å². The summed E-state index contributed by atoms with van der Waals surface area (Å²) in [6.07, 6.45) is 8.91. The predicted molar refractivity (Wildman–Crippen MR) is 99.1 cm³/mol. The molecule has 3 nitrogen and oxygen atoms in total. The third-order valence-corrected chi connectivity index (χ3v) is 6.33. The molecule has 0 aliphatic carbocycles. The van der Waals surface area contributed by atoms with Gasteiger partial charge in [0.1, 0.15) is 12.4 Å². The lowest BCUT2D eigenvalue weighted by Gasteiger charge is -2.41. The van der Waals surface area contributed by atoms with Gasteiger partial charge in [-0.1, -0.05) is 44.9 Å². The number of rotatable bonds is 8. The molecule has 3 unspecified atom stereocenters. The molecule has 1 aromatic rings. The van der Waals surface area contributed by atoms with Crippen LogP contribution in [-0.2, 0) is 20.8 Å². The molecule has 2 heterocycles. The smallest absolute Gasteiger partial charge is 0.128 e. The molecule has 1 aromatic carbocycles. The van der Waals surface area contributed by atoms with Gasteiger partial charge in [-0.3, -0.25) is 0 Å². The van der Waals surface area contributed by atoms with Gasteiger partial charge in [0.25, 0.3) is 0 Å². The van der Waals surface area contributed by atoms with Crippen molar-refractivity contribution in [1.29, 1.82) is 0 Å². The van der Waals surface area contributed by atoms with Gasteiger partial charge < -0.3 is 14.2 Å². The van der Waals surface area contributed by atoms with E-state index in [1.54, 1.807) is 12.1 Å². The van der Waals surface area contributed by atoms with E-state index in [0.29, 0.717) is 18.8 Å². The Balaban J connectivity index is 1.73. The third kappa shape index (κ3) is 3.29. The number of ether oxygens (including phenoxy) is 3. The van der Waals surface area contributed by atoms with E-state index in [4.69, 9.17) is 20.6 Å². The average molecular weight is 360 g/mol. The molecule has 4 heteroatoms. The van der Waals surface area contributed by atoms with Gasteiger partial charge in [0.05, 0.1) is 30.5 Å². The molecule has 3 atom stereocenters. The minimum absolute atomic E-state index is 0.0345. The van der Waals surface area contributed by atoms with Crippen LogP contribution in [0.1, 0.15) is 52.0 Å². The van der Waals surface area contributed by atoms with E-state index in [0.717, 1.165) is 25.7 Å². The van der Waals surface area contributed by atoms with E-state index < -0.39 is 0 Å². The van der Waals surface area contributed by atoms with Gasteiger partial charge in [0, 0.05) is 17.4 Å². The molecule has 2 fully saturated rings. The summed E-state index contributed by atoms with van der Waals surface area (Å²) in [5.74, 6) is 2.30. The van der Waals surface area contributed by atoms with Gasteiger partial charge in [-0.2, -0.15) is 0 Å². The monoisotopic (exact) mass is 360 g/mol. The van der Waals surface area contributed by atoms with Gasteiger partial charge in [-0.05, 0) is 25.3 Å². The summed E-state index contributed by atoms with van der Waals surface area (Å²) in [4.78, 5) is 0. The maximum absolute atomic E-state index is 13.9. The van der Waals surface area contributed by atoms with E-state index in [1.807, 2.05) is 6.07 Å². The first-order chi connectivity index (χ1) is 12.4. The summed E-state index contributed by atoms with van der Waals surface area (Å²) in [6, 6.07) is 6.77. The van der Waals surface area contributed by atoms with Crippen LogP contribution in [0.15, 0.2) is 24.3 Å². The van der Waals surface area contributed by atoms with E-state index in [9.17, 15) is 4.39 Å². The van der Waals surface area contributed by atoms with Gasteiger partial charge in [0.2, 0.25) is 0 Å². The number of terminal acetylenes is 1. The summed E-state index contributed by atoms with van der Waals surface area (Å²) < 4.78 is 32.4. The highest BCUT2D eigenvalue weighted by Gasteiger charge is 2.65. The van der Waals surface area contributed by atoms with E-state index >= 15 is 0 Å². The summed E-state index contributed by atoms with van der Waals surface area (Å²) in [6.45, 7) is 7.63. The van der Waals surface area contributed by atoms with E-state index in [2.05, 4.69) is 26.7 Å². The second kappa shape index (κ2) is 7.31. The van der Waals surface area contributed by atoms with Crippen molar-refractivity contribution in [1.82, 2.24) is 0 Å². The first-order valence-corrected chi connectivity index (χ1v) is 9.44. The molecule has 0 saturated carbocycles. The van der Waals surface area contributed by atoms with Crippen molar-refractivity contribution in [3.05, 3.63) is 35.6 Å². The van der Waals surface area contributed by atoms with Crippen LogP contribution in [0.5, 0.6) is 0 Å². The molecule has 2 saturated heterocycles. The number of benzene rings is 1. The molecule has 142 valence electrons. The number of halogens is 1. The molecule has 0 amide bonds. The van der Waals surface area contributed by atoms with Crippen molar-refractivity contribution in [2.45, 2.75) is 70.4 Å². The number of hydrogen-bond acceptors (Lipinski definition) is 3. The Kier molecular flexibility index (Phi) is 5.44. The molecule has 0 radical (unpaired) electrons. The average Bonchev–Trinajstić information content (AvgIpc) is 3.17. The highest BCUT2D eigenvalue weighted by atomic mass is 19.1. The zero-order valence-corrected chi connectivity index (χ0v) is 16.0. The molecular weight excluding hydrogens is 331 g/mol. The van der Waals surface area contributed by atoms with E-state index in [1.165, 1.54) is 6.07 Å². The summed E-state index contributed by atoms with van der Waals surface area (Å²) in [5.41, 5.74) is -0.143. The fourth-order valence-corrected chi connectivity index (χ4v) is 4.50. The predicted octanol–water partition coefficient (Wildman–Crippen LogP) is 4.49. The van der Waals surface area contributed by atoms with Crippen LogP contribution in [0.25, 0.3) is 0 Å². The Bertz CT molecular complexity index is 680. The zero-order valence-electron chi connectivity index (χ0n) is 16.0. The summed E-state index contributed by atoms with van der Waals surface area (Å²) >= 11 is 0. The van der Waals surface area contributed by atoms with Crippen molar-refractivity contribution in [2.24, 2.45) is 5.41 Å². The normalized spacial score (nSPS) is 30.5. The SMILES string of the molecule is C#CCOCC(C)(C)C12CCC(CC)(O1)C(OCc1ccccc1F)C2. The highest BCUT2D eigenvalue weighted by molar-refractivity contribution is 5.18. The Morgan fingerprint density at radius 2 is 2.12 bits per heavy atom. The largest absolute Gasteiger partial charge is 0.370 e. The van der Waals surface area contributed by atoms with Crippen molar-refractivity contribution >= 4 is 0 Å². The second-order valence-corrected chi connectivity index (χ2v) is 8.19. The van der Waals surface area contributed by atoms with Crippen molar-refractivity contribution in [3.63, 3.8) is 0 Å². The maximum atomic E-state index is 13.9. The minimum atomic E-state index is -0.283. The molecule has 0 N–H and O–H groups in total. The summed E-state index contributed by atoms with van der Waals surface area (Å²) in [7, 11) is 0. The van der Waals surface area contributed by atoms with Crippen LogP contribution in [0.3, 0.4) is 0 Å². The van der Waals surface area contributed by atoms with Crippen molar-refractivity contribution in [3.8, 4) is 12.3 Å². The lowest BCUT2D eigenvalue weighted by atomic mass is 9.67. The number of fused-ring (bicyclic) bond motifs is 2. The molecule has 2 bridgehead atoms. The minimum Gasteiger partial charge on any atom is -0.370 e. The summed E-state index contributed by atoms with van der Waals surface area (Å²) in [5, 5.41) is 0. The van der Waals surface area contributed by atoms with Gasteiger partial charge in [-0.15, -0.1) is 6.42 Å². The second-order valence-electron chi connectivity index (χ2n) is 8.19. The fourth-order valence-electron chi connectivity index (χ4n) is 4.50. The molecule has 26 heavy (non-hydrogen) atoms. The number of hydrogen-bond donors (Lipinski definition) is 0. The highest BCUT2D eigenvalue weighted by Crippen LogP contribution is 2.60. The lowest BCUT2D eigenvalue weighted by molar-refractivity contribution is -0.142.